The van der Waals surface area contributed by atoms with Crippen molar-refractivity contribution < 1.29 is 17.9 Å². The molecule has 2 aromatic rings. The van der Waals surface area contributed by atoms with E-state index in [-0.39, 0.29) is 22.5 Å². The van der Waals surface area contributed by atoms with Gasteiger partial charge in [0, 0.05) is 43.7 Å². The van der Waals surface area contributed by atoms with Crippen molar-refractivity contribution >= 4 is 26.9 Å². The Balaban J connectivity index is 2.03. The topological polar surface area (TPSA) is 101 Å². The van der Waals surface area contributed by atoms with Crippen LogP contribution in [0.25, 0.3) is 10.8 Å². The molecule has 3 rings (SSSR count). The molecule has 1 aliphatic heterocycles. The molecule has 1 aliphatic rings. The van der Waals surface area contributed by atoms with Gasteiger partial charge in [0.2, 0.25) is 10.0 Å². The van der Waals surface area contributed by atoms with Gasteiger partial charge in [-0.2, -0.15) is 4.31 Å². The van der Waals surface area contributed by atoms with Crippen LogP contribution in [0, 0.1) is 0 Å². The zero-order chi connectivity index (χ0) is 20.3. The van der Waals surface area contributed by atoms with E-state index in [9.17, 15) is 18.0 Å². The lowest BCUT2D eigenvalue weighted by molar-refractivity contribution is 0.122. The minimum Gasteiger partial charge on any atom is -0.453 e. The first-order valence-electron chi connectivity index (χ1n) is 8.98. The van der Waals surface area contributed by atoms with Gasteiger partial charge in [0.25, 0.3) is 5.56 Å². The average Bonchev–Trinajstić information content (AvgIpc) is 2.99. The fourth-order valence-corrected chi connectivity index (χ4v) is 4.95. The van der Waals surface area contributed by atoms with Crippen LogP contribution in [-0.4, -0.2) is 68.6 Å². The smallest absolute Gasteiger partial charge is 0.410 e. The summed E-state index contributed by atoms with van der Waals surface area (Å²) in [5.41, 5.74) is -0.372. The second kappa shape index (κ2) is 8.29. The number of benzene rings is 1. The predicted molar refractivity (Wildman–Crippen MR) is 105 cm³/mol. The molecular weight excluding hydrogens is 384 g/mol. The number of hydrogen-bond donors (Lipinski definition) is 1. The maximum Gasteiger partial charge on any atom is 0.410 e. The highest BCUT2D eigenvalue weighted by Crippen LogP contribution is 2.24. The average molecular weight is 408 g/mol. The molecule has 1 aromatic carbocycles. The summed E-state index contributed by atoms with van der Waals surface area (Å²) >= 11 is 0. The molecule has 152 valence electrons. The summed E-state index contributed by atoms with van der Waals surface area (Å²) < 4.78 is 33.8. The van der Waals surface area contributed by atoms with Crippen LogP contribution in [0.1, 0.15) is 6.42 Å². The molecule has 0 bridgehead atoms. The van der Waals surface area contributed by atoms with Gasteiger partial charge in [0.15, 0.2) is 0 Å². The molecule has 1 aromatic heterocycles. The van der Waals surface area contributed by atoms with Gasteiger partial charge in [0.1, 0.15) is 6.67 Å². The Kier molecular flexibility index (Phi) is 6.01. The van der Waals surface area contributed by atoms with Gasteiger partial charge in [-0.1, -0.05) is 6.07 Å². The summed E-state index contributed by atoms with van der Waals surface area (Å²) in [7, 11) is -0.949. The van der Waals surface area contributed by atoms with E-state index >= 15 is 0 Å². The molecule has 1 saturated heterocycles. The number of hydrogen-bond acceptors (Lipinski definition) is 6. The van der Waals surface area contributed by atoms with Crippen LogP contribution in [0.5, 0.6) is 0 Å². The lowest BCUT2D eigenvalue weighted by atomic mass is 10.2. The summed E-state index contributed by atoms with van der Waals surface area (Å²) in [6, 6.07) is 6.29. The summed E-state index contributed by atoms with van der Waals surface area (Å²) in [4.78, 5) is 25.8. The molecule has 0 unspecified atom stereocenters. The first-order chi connectivity index (χ1) is 13.4. The minimum atomic E-state index is -3.72. The number of carbonyl (C=O) groups excluding carboxylic acids is 1. The highest BCUT2D eigenvalue weighted by molar-refractivity contribution is 7.89. The summed E-state index contributed by atoms with van der Waals surface area (Å²) in [5, 5.41) is 3.85. The van der Waals surface area contributed by atoms with Crippen molar-refractivity contribution in [3.8, 4) is 0 Å². The van der Waals surface area contributed by atoms with Gasteiger partial charge < -0.3 is 10.1 Å². The maximum atomic E-state index is 13.2. The SMILES string of the molecule is COC(=O)N(C)Cn1ccc2c(S(=O)(=O)N3CCCNCC3)cccc2c1=O. The van der Waals surface area contributed by atoms with Crippen LogP contribution in [-0.2, 0) is 21.4 Å². The zero-order valence-electron chi connectivity index (χ0n) is 15.9. The molecule has 10 heteroatoms. The largest absolute Gasteiger partial charge is 0.453 e. The van der Waals surface area contributed by atoms with Crippen LogP contribution >= 0.6 is 0 Å². The van der Waals surface area contributed by atoms with Crippen molar-refractivity contribution in [1.82, 2.24) is 19.1 Å². The minimum absolute atomic E-state index is 0.00375. The number of nitrogens with one attached hydrogen (secondary N) is 1. The molecule has 0 saturated carbocycles. The molecule has 2 heterocycles. The van der Waals surface area contributed by atoms with E-state index in [0.717, 1.165) is 13.0 Å². The summed E-state index contributed by atoms with van der Waals surface area (Å²) in [6.07, 6.45) is 1.65. The normalized spacial score (nSPS) is 15.9. The van der Waals surface area contributed by atoms with Crippen molar-refractivity contribution in [2.45, 2.75) is 18.0 Å². The molecule has 0 atom stereocenters. The highest BCUT2D eigenvalue weighted by Gasteiger charge is 2.27. The number of carbonyl (C=O) groups is 1. The number of nitrogens with zero attached hydrogens (tertiary/aromatic N) is 3. The van der Waals surface area contributed by atoms with Crippen LogP contribution in [0.3, 0.4) is 0 Å². The third-order valence-corrected chi connectivity index (χ3v) is 6.70. The maximum absolute atomic E-state index is 13.2. The number of amides is 1. The molecule has 1 amide bonds. The first-order valence-corrected chi connectivity index (χ1v) is 10.4. The van der Waals surface area contributed by atoms with Crippen molar-refractivity contribution in [2.75, 3.05) is 40.3 Å². The Morgan fingerprint density at radius 1 is 1.21 bits per heavy atom. The molecular formula is C18H24N4O5S. The van der Waals surface area contributed by atoms with Gasteiger partial charge in [-0.05, 0) is 31.2 Å². The van der Waals surface area contributed by atoms with Crippen LogP contribution in [0.2, 0.25) is 0 Å². The van der Waals surface area contributed by atoms with Crippen molar-refractivity contribution in [2.24, 2.45) is 0 Å². The number of methoxy groups -OCH3 is 1. The third-order valence-electron chi connectivity index (χ3n) is 4.75. The van der Waals surface area contributed by atoms with Gasteiger partial charge in [-0.25, -0.2) is 13.2 Å². The number of fused-ring (bicyclic) bond motifs is 1. The fourth-order valence-electron chi connectivity index (χ4n) is 3.27. The molecule has 0 radical (unpaired) electrons. The Morgan fingerprint density at radius 2 is 2.00 bits per heavy atom. The summed E-state index contributed by atoms with van der Waals surface area (Å²) in [5.74, 6) is 0. The lowest BCUT2D eigenvalue weighted by Gasteiger charge is -2.21. The van der Waals surface area contributed by atoms with Gasteiger partial charge in [0.05, 0.1) is 12.0 Å². The van der Waals surface area contributed by atoms with E-state index in [0.29, 0.717) is 25.0 Å². The Labute approximate surface area is 163 Å². The van der Waals surface area contributed by atoms with Crippen molar-refractivity contribution in [3.63, 3.8) is 0 Å². The Morgan fingerprint density at radius 3 is 2.75 bits per heavy atom. The van der Waals surface area contributed by atoms with Gasteiger partial charge in [-0.15, -0.1) is 0 Å². The predicted octanol–water partition coefficient (Wildman–Crippen LogP) is 0.641. The molecule has 1 fully saturated rings. The molecule has 28 heavy (non-hydrogen) atoms. The quantitative estimate of drug-likeness (QED) is 0.797. The zero-order valence-corrected chi connectivity index (χ0v) is 16.7. The second-order valence-electron chi connectivity index (χ2n) is 6.63. The molecule has 1 N–H and O–H groups in total. The van der Waals surface area contributed by atoms with E-state index in [2.05, 4.69) is 10.1 Å². The highest BCUT2D eigenvalue weighted by atomic mass is 32.2. The van der Waals surface area contributed by atoms with E-state index in [1.807, 2.05) is 0 Å². The van der Waals surface area contributed by atoms with Crippen LogP contribution < -0.4 is 10.9 Å². The van der Waals surface area contributed by atoms with E-state index < -0.39 is 16.1 Å². The number of pyridine rings is 1. The summed E-state index contributed by atoms with van der Waals surface area (Å²) in [6.45, 7) is 2.19. The number of rotatable bonds is 4. The van der Waals surface area contributed by atoms with E-state index in [4.69, 9.17) is 0 Å². The lowest BCUT2D eigenvalue weighted by Crippen LogP contribution is -2.35. The Bertz CT molecular complexity index is 1030. The van der Waals surface area contributed by atoms with E-state index in [1.165, 1.54) is 40.2 Å². The number of ether oxygens (including phenoxy) is 1. The molecule has 0 spiro atoms. The third kappa shape index (κ3) is 3.89. The van der Waals surface area contributed by atoms with E-state index in [1.54, 1.807) is 18.2 Å². The Hall–Kier alpha value is -2.43. The molecule has 0 aliphatic carbocycles. The number of sulfonamides is 1. The van der Waals surface area contributed by atoms with Gasteiger partial charge in [-0.3, -0.25) is 14.3 Å². The van der Waals surface area contributed by atoms with Crippen LogP contribution in [0.4, 0.5) is 4.79 Å². The number of aromatic nitrogens is 1. The molecule has 9 nitrogen and oxygen atoms in total. The van der Waals surface area contributed by atoms with Crippen LogP contribution in [0.15, 0.2) is 40.2 Å². The standard InChI is InChI=1S/C18H24N4O5S/c1-20(18(24)27-2)13-21-11-7-14-15(17(21)23)5-3-6-16(14)28(25,26)22-10-4-8-19-9-12-22/h3,5-7,11,19H,4,8-10,12-13H2,1-2H3. The second-order valence-corrected chi connectivity index (χ2v) is 8.53. The monoisotopic (exact) mass is 408 g/mol. The first kappa shape index (κ1) is 20.3. The van der Waals surface area contributed by atoms with Crippen molar-refractivity contribution in [1.29, 1.82) is 0 Å². The van der Waals surface area contributed by atoms with Crippen molar-refractivity contribution in [3.05, 3.63) is 40.8 Å². The van der Waals surface area contributed by atoms with Gasteiger partial charge >= 0.3 is 6.09 Å². The fraction of sp³-hybridized carbons (Fsp3) is 0.444.